The van der Waals surface area contributed by atoms with E-state index in [9.17, 15) is 0 Å². The summed E-state index contributed by atoms with van der Waals surface area (Å²) in [6.45, 7) is 8.16. The highest BCUT2D eigenvalue weighted by atomic mass is 16.6. The first kappa shape index (κ1) is 13.6. The average molecular weight is 235 g/mol. The van der Waals surface area contributed by atoms with Crippen LogP contribution < -0.4 is 4.74 Å². The molecule has 0 spiro atoms. The fourth-order valence-electron chi connectivity index (χ4n) is 1.61. The first-order chi connectivity index (χ1) is 8.22. The van der Waals surface area contributed by atoms with E-state index in [1.807, 2.05) is 45.0 Å². The zero-order valence-electron chi connectivity index (χ0n) is 11.2. The Kier molecular flexibility index (Phi) is 5.01. The molecule has 2 rings (SSSR count). The number of oxime groups is 1. The van der Waals surface area contributed by atoms with Crippen LogP contribution in [0.3, 0.4) is 0 Å². The number of nitrogens with zero attached hydrogens (tertiary/aromatic N) is 1. The standard InChI is InChI=1S/C12H15NO2.C2H6/c1-8-9(2)15-13-12(8)10-4-6-11(14-3)7-5-10;1-2/h4-9H,1-3H3;1-2H3. The molecule has 0 amide bonds. The lowest BCUT2D eigenvalue weighted by atomic mass is 9.95. The van der Waals surface area contributed by atoms with Gasteiger partial charge in [0.15, 0.2) is 0 Å². The van der Waals surface area contributed by atoms with Crippen LogP contribution in [0.2, 0.25) is 0 Å². The minimum absolute atomic E-state index is 0.169. The molecular weight excluding hydrogens is 214 g/mol. The first-order valence-electron chi connectivity index (χ1n) is 6.10. The number of rotatable bonds is 2. The summed E-state index contributed by atoms with van der Waals surface area (Å²) >= 11 is 0. The molecule has 0 saturated carbocycles. The number of hydrogen-bond donors (Lipinski definition) is 0. The van der Waals surface area contributed by atoms with Gasteiger partial charge < -0.3 is 9.57 Å². The predicted octanol–water partition coefficient (Wildman–Crippen LogP) is 3.48. The van der Waals surface area contributed by atoms with Crippen molar-refractivity contribution >= 4 is 5.71 Å². The van der Waals surface area contributed by atoms with Crippen LogP contribution in [0.15, 0.2) is 29.4 Å². The second-order valence-electron chi connectivity index (χ2n) is 3.80. The van der Waals surface area contributed by atoms with E-state index in [4.69, 9.17) is 9.57 Å². The third-order valence-electron chi connectivity index (χ3n) is 2.84. The van der Waals surface area contributed by atoms with E-state index >= 15 is 0 Å². The highest BCUT2D eigenvalue weighted by Crippen LogP contribution is 2.23. The van der Waals surface area contributed by atoms with Crippen LogP contribution in [0.1, 0.15) is 33.3 Å². The summed E-state index contributed by atoms with van der Waals surface area (Å²) in [4.78, 5) is 5.25. The number of hydrogen-bond acceptors (Lipinski definition) is 3. The summed E-state index contributed by atoms with van der Waals surface area (Å²) in [5.74, 6) is 1.21. The lowest BCUT2D eigenvalue weighted by Gasteiger charge is -2.09. The van der Waals surface area contributed by atoms with Crippen LogP contribution in [0.5, 0.6) is 5.75 Å². The lowest BCUT2D eigenvalue weighted by molar-refractivity contribution is 0.0799. The quantitative estimate of drug-likeness (QED) is 0.785. The Balaban J connectivity index is 0.000000686. The van der Waals surface area contributed by atoms with Crippen molar-refractivity contribution in [3.8, 4) is 5.75 Å². The molecule has 1 aromatic rings. The van der Waals surface area contributed by atoms with Gasteiger partial charge in [-0.3, -0.25) is 0 Å². The van der Waals surface area contributed by atoms with Crippen molar-refractivity contribution < 1.29 is 9.57 Å². The van der Waals surface area contributed by atoms with Gasteiger partial charge in [-0.25, -0.2) is 0 Å². The molecule has 0 aliphatic carbocycles. The molecule has 1 aliphatic heterocycles. The minimum atomic E-state index is 0.169. The van der Waals surface area contributed by atoms with Crippen LogP contribution in [-0.2, 0) is 4.84 Å². The molecule has 1 aliphatic rings. The molecule has 3 nitrogen and oxygen atoms in total. The molecular formula is C14H21NO2. The summed E-state index contributed by atoms with van der Waals surface area (Å²) in [6.07, 6.45) is 0.169. The highest BCUT2D eigenvalue weighted by Gasteiger charge is 2.27. The average Bonchev–Trinajstić information content (AvgIpc) is 2.73. The van der Waals surface area contributed by atoms with E-state index < -0.39 is 0 Å². The van der Waals surface area contributed by atoms with Crippen molar-refractivity contribution in [2.45, 2.75) is 33.8 Å². The normalized spacial score (nSPS) is 22.1. The topological polar surface area (TPSA) is 30.8 Å². The fraction of sp³-hybridized carbons (Fsp3) is 0.500. The largest absolute Gasteiger partial charge is 0.497 e. The van der Waals surface area contributed by atoms with Crippen molar-refractivity contribution in [2.75, 3.05) is 7.11 Å². The second kappa shape index (κ2) is 6.28. The van der Waals surface area contributed by atoms with Crippen molar-refractivity contribution in [3.05, 3.63) is 29.8 Å². The molecule has 0 radical (unpaired) electrons. The number of ether oxygens (including phenoxy) is 1. The molecule has 1 heterocycles. The summed E-state index contributed by atoms with van der Waals surface area (Å²) in [5, 5.41) is 4.10. The van der Waals surface area contributed by atoms with Crippen molar-refractivity contribution in [3.63, 3.8) is 0 Å². The van der Waals surface area contributed by atoms with Gasteiger partial charge in [-0.1, -0.05) is 25.9 Å². The van der Waals surface area contributed by atoms with Crippen LogP contribution in [0.25, 0.3) is 0 Å². The van der Waals surface area contributed by atoms with Gasteiger partial charge in [-0.05, 0) is 36.8 Å². The number of benzene rings is 1. The van der Waals surface area contributed by atoms with E-state index in [0.717, 1.165) is 17.0 Å². The zero-order valence-corrected chi connectivity index (χ0v) is 11.2. The van der Waals surface area contributed by atoms with Crippen LogP contribution in [-0.4, -0.2) is 18.9 Å². The van der Waals surface area contributed by atoms with Gasteiger partial charge >= 0.3 is 0 Å². The molecule has 1 aromatic carbocycles. The van der Waals surface area contributed by atoms with Gasteiger partial charge in [0.2, 0.25) is 0 Å². The Morgan fingerprint density at radius 2 is 1.71 bits per heavy atom. The summed E-state index contributed by atoms with van der Waals surface area (Å²) in [6, 6.07) is 7.90. The predicted molar refractivity (Wildman–Crippen MR) is 70.6 cm³/mol. The molecule has 94 valence electrons. The molecule has 0 saturated heterocycles. The fourth-order valence-corrected chi connectivity index (χ4v) is 1.61. The van der Waals surface area contributed by atoms with E-state index in [-0.39, 0.29) is 6.10 Å². The van der Waals surface area contributed by atoms with Crippen LogP contribution >= 0.6 is 0 Å². The van der Waals surface area contributed by atoms with Crippen LogP contribution in [0, 0.1) is 5.92 Å². The maximum absolute atomic E-state index is 5.25. The maximum Gasteiger partial charge on any atom is 0.133 e. The highest BCUT2D eigenvalue weighted by molar-refractivity contribution is 6.02. The molecule has 2 unspecified atom stereocenters. The summed E-state index contributed by atoms with van der Waals surface area (Å²) in [7, 11) is 1.66. The van der Waals surface area contributed by atoms with E-state index in [2.05, 4.69) is 12.1 Å². The smallest absolute Gasteiger partial charge is 0.133 e. The molecule has 0 bridgehead atoms. The van der Waals surface area contributed by atoms with Gasteiger partial charge in [0.1, 0.15) is 11.9 Å². The van der Waals surface area contributed by atoms with Gasteiger partial charge in [-0.15, -0.1) is 0 Å². The van der Waals surface area contributed by atoms with Gasteiger partial charge in [0, 0.05) is 5.92 Å². The summed E-state index contributed by atoms with van der Waals surface area (Å²) in [5.41, 5.74) is 2.12. The zero-order chi connectivity index (χ0) is 12.8. The molecule has 0 N–H and O–H groups in total. The van der Waals surface area contributed by atoms with Crippen LogP contribution in [0.4, 0.5) is 0 Å². The van der Waals surface area contributed by atoms with Gasteiger partial charge in [-0.2, -0.15) is 0 Å². The monoisotopic (exact) mass is 235 g/mol. The van der Waals surface area contributed by atoms with E-state index in [1.165, 1.54) is 0 Å². The SMILES string of the molecule is CC.COc1ccc(C2=NOC(C)C2C)cc1. The summed E-state index contributed by atoms with van der Waals surface area (Å²) < 4.78 is 5.11. The Bertz CT molecular complexity index is 370. The third-order valence-corrected chi connectivity index (χ3v) is 2.84. The maximum atomic E-state index is 5.25. The van der Waals surface area contributed by atoms with E-state index in [0.29, 0.717) is 5.92 Å². The molecule has 17 heavy (non-hydrogen) atoms. The first-order valence-corrected chi connectivity index (χ1v) is 6.10. The Morgan fingerprint density at radius 1 is 1.12 bits per heavy atom. The molecule has 0 fully saturated rings. The Hall–Kier alpha value is -1.51. The van der Waals surface area contributed by atoms with Crippen molar-refractivity contribution in [1.82, 2.24) is 0 Å². The second-order valence-corrected chi connectivity index (χ2v) is 3.80. The van der Waals surface area contributed by atoms with E-state index in [1.54, 1.807) is 7.11 Å². The Morgan fingerprint density at radius 3 is 2.12 bits per heavy atom. The lowest BCUT2D eigenvalue weighted by Crippen LogP contribution is -2.17. The Labute approximate surface area is 103 Å². The van der Waals surface area contributed by atoms with Crippen molar-refractivity contribution in [1.29, 1.82) is 0 Å². The third kappa shape index (κ3) is 2.99. The van der Waals surface area contributed by atoms with Gasteiger partial charge in [0.25, 0.3) is 0 Å². The molecule has 3 heteroatoms. The molecule has 0 aromatic heterocycles. The minimum Gasteiger partial charge on any atom is -0.497 e. The van der Waals surface area contributed by atoms with Crippen molar-refractivity contribution in [2.24, 2.45) is 11.1 Å². The molecule has 2 atom stereocenters. The number of methoxy groups -OCH3 is 1. The van der Waals surface area contributed by atoms with Gasteiger partial charge in [0.05, 0.1) is 12.8 Å².